The van der Waals surface area contributed by atoms with Gasteiger partial charge in [-0.3, -0.25) is 0 Å². The molecule has 0 aliphatic heterocycles. The number of benzene rings is 2. The van der Waals surface area contributed by atoms with Crippen LogP contribution in [0.15, 0.2) is 36.4 Å². The lowest BCUT2D eigenvalue weighted by molar-refractivity contribution is 0.507. The third-order valence-corrected chi connectivity index (χ3v) is 9.64. The highest BCUT2D eigenvalue weighted by Crippen LogP contribution is 2.29. The average Bonchev–Trinajstić information content (AvgIpc) is 2.88. The number of halogens is 7. The van der Waals surface area contributed by atoms with Gasteiger partial charge in [0.05, 0.1) is 0 Å². The molecular weight excluding hydrogens is 585 g/mol. The van der Waals surface area contributed by atoms with E-state index in [1.165, 1.54) is 82.8 Å². The van der Waals surface area contributed by atoms with E-state index in [0.29, 0.717) is 17.9 Å². The molecule has 2 aromatic carbocycles. The molecule has 0 amide bonds. The number of unbranched alkanes of at least 4 members (excludes halogenated alkanes) is 15. The van der Waals surface area contributed by atoms with Crippen molar-refractivity contribution in [3.8, 4) is 0 Å². The van der Waals surface area contributed by atoms with Gasteiger partial charge < -0.3 is 4.90 Å². The molecule has 0 heterocycles. The molecule has 0 radical (unpaired) electrons. The fourth-order valence-corrected chi connectivity index (χ4v) is 6.64. The van der Waals surface area contributed by atoms with Gasteiger partial charge in [0.2, 0.25) is 0 Å². The number of hydrogen-bond donors (Lipinski definition) is 0. The minimum atomic E-state index is -2.43. The third kappa shape index (κ3) is 15.0. The predicted molar refractivity (Wildman–Crippen MR) is 162 cm³/mol. The van der Waals surface area contributed by atoms with Crippen LogP contribution in [0.1, 0.15) is 103 Å². The molecule has 0 unspecified atom stereocenters. The monoisotopic (exact) mass is 625 g/mol. The maximum absolute atomic E-state index is 13.8. The molecule has 0 aliphatic carbocycles. The zero-order valence-electron chi connectivity index (χ0n) is 22.8. The Morgan fingerprint density at radius 1 is 0.462 bits per heavy atom. The SMILES string of the molecule is Fc1ccc(N(CCCCCCCCCCCCCCCCCC[Si](Cl)(Cl)Cl)c2ccc(F)c(F)c2)cc1F. The quantitative estimate of drug-likeness (QED) is 0.0576. The van der Waals surface area contributed by atoms with E-state index in [0.717, 1.165) is 62.4 Å². The molecule has 0 spiro atoms. The Balaban J connectivity index is 1.52. The predicted octanol–water partition coefficient (Wildman–Crippen LogP) is 12.3. The molecule has 0 saturated carbocycles. The van der Waals surface area contributed by atoms with Crippen molar-refractivity contribution in [1.82, 2.24) is 0 Å². The van der Waals surface area contributed by atoms with Crippen molar-refractivity contribution in [2.75, 3.05) is 11.4 Å². The fraction of sp³-hybridized carbons (Fsp3) is 0.600. The summed E-state index contributed by atoms with van der Waals surface area (Å²) in [6.45, 7) is 0.507. The van der Waals surface area contributed by atoms with Gasteiger partial charge >= 0.3 is 6.00 Å². The highest BCUT2D eigenvalue weighted by Gasteiger charge is 2.23. The molecular formula is C30H42Cl3F4NSi. The van der Waals surface area contributed by atoms with Gasteiger partial charge in [0.25, 0.3) is 0 Å². The number of hydrogen-bond acceptors (Lipinski definition) is 1. The van der Waals surface area contributed by atoms with Crippen molar-refractivity contribution >= 4 is 50.6 Å². The maximum atomic E-state index is 13.8. The lowest BCUT2D eigenvalue weighted by Gasteiger charge is -2.25. The van der Waals surface area contributed by atoms with Crippen LogP contribution in [0.2, 0.25) is 6.04 Å². The molecule has 0 saturated heterocycles. The average molecular weight is 627 g/mol. The minimum Gasteiger partial charge on any atom is -0.341 e. The lowest BCUT2D eigenvalue weighted by atomic mass is 10.0. The number of nitrogens with zero attached hydrogens (tertiary/aromatic N) is 1. The summed E-state index contributed by atoms with van der Waals surface area (Å²) in [6, 6.07) is 5.55. The van der Waals surface area contributed by atoms with E-state index in [9.17, 15) is 17.6 Å². The van der Waals surface area contributed by atoms with E-state index in [1.54, 1.807) is 4.90 Å². The van der Waals surface area contributed by atoms with E-state index >= 15 is 0 Å². The summed E-state index contributed by atoms with van der Waals surface area (Å²) < 4.78 is 54.5. The van der Waals surface area contributed by atoms with Gasteiger partial charge in [-0.25, -0.2) is 17.6 Å². The first-order valence-corrected chi connectivity index (χ1v) is 19.7. The molecule has 1 nitrogen and oxygen atoms in total. The van der Waals surface area contributed by atoms with Crippen LogP contribution in [0.4, 0.5) is 28.9 Å². The first-order chi connectivity index (χ1) is 18.7. The molecule has 0 N–H and O–H groups in total. The highest BCUT2D eigenvalue weighted by atomic mass is 35.8. The van der Waals surface area contributed by atoms with E-state index in [2.05, 4.69) is 0 Å². The fourth-order valence-electron chi connectivity index (χ4n) is 4.78. The Hall–Kier alpha value is -0.953. The van der Waals surface area contributed by atoms with Crippen molar-refractivity contribution in [1.29, 1.82) is 0 Å². The molecule has 0 atom stereocenters. The van der Waals surface area contributed by atoms with Crippen molar-refractivity contribution in [2.45, 2.75) is 109 Å². The van der Waals surface area contributed by atoms with Crippen LogP contribution in [-0.2, 0) is 0 Å². The van der Waals surface area contributed by atoms with Crippen LogP contribution in [0.3, 0.4) is 0 Å². The van der Waals surface area contributed by atoms with Crippen LogP contribution in [0.25, 0.3) is 0 Å². The van der Waals surface area contributed by atoms with Gasteiger partial charge in [-0.15, -0.1) is 33.2 Å². The topological polar surface area (TPSA) is 3.24 Å². The van der Waals surface area contributed by atoms with Gasteiger partial charge in [0.1, 0.15) is 0 Å². The van der Waals surface area contributed by atoms with Crippen LogP contribution in [-0.4, -0.2) is 12.5 Å². The largest absolute Gasteiger partial charge is 0.341 e. The lowest BCUT2D eigenvalue weighted by Crippen LogP contribution is -2.19. The molecule has 0 aliphatic rings. The van der Waals surface area contributed by atoms with Gasteiger partial charge in [-0.2, -0.15) is 0 Å². The zero-order valence-corrected chi connectivity index (χ0v) is 26.1. The smallest absolute Gasteiger partial charge is 0.341 e. The highest BCUT2D eigenvalue weighted by molar-refractivity contribution is 7.64. The van der Waals surface area contributed by atoms with E-state index < -0.39 is 29.3 Å². The van der Waals surface area contributed by atoms with E-state index in [-0.39, 0.29) is 0 Å². The Bertz CT molecular complexity index is 907. The second-order valence-electron chi connectivity index (χ2n) is 10.4. The second-order valence-corrected chi connectivity index (χ2v) is 19.6. The Morgan fingerprint density at radius 2 is 0.795 bits per heavy atom. The van der Waals surface area contributed by atoms with Gasteiger partial charge in [0.15, 0.2) is 23.3 Å². The summed E-state index contributed by atoms with van der Waals surface area (Å²) in [7, 11) is 0. The minimum absolute atomic E-state index is 0.415. The molecule has 0 bridgehead atoms. The summed E-state index contributed by atoms with van der Waals surface area (Å²) in [5, 5.41) is 0. The Labute approximate surface area is 247 Å². The molecule has 39 heavy (non-hydrogen) atoms. The standard InChI is InChI=1S/C30H42Cl3F4NSi/c31-39(32,33)22-16-14-12-10-8-6-4-2-1-3-5-7-9-11-13-15-21-38(25-17-19-27(34)29(36)23-25)26-18-20-28(35)30(37)24-26/h17-20,23-24H,1-16,21-22H2. The molecule has 220 valence electrons. The van der Waals surface area contributed by atoms with Gasteiger partial charge in [-0.05, 0) is 36.7 Å². The van der Waals surface area contributed by atoms with Crippen LogP contribution >= 0.6 is 33.2 Å². The van der Waals surface area contributed by atoms with E-state index in [4.69, 9.17) is 33.2 Å². The normalized spacial score (nSPS) is 11.8. The van der Waals surface area contributed by atoms with E-state index in [1.807, 2.05) is 0 Å². The third-order valence-electron chi connectivity index (χ3n) is 7.02. The zero-order chi connectivity index (χ0) is 28.5. The van der Waals surface area contributed by atoms with Crippen molar-refractivity contribution in [3.05, 3.63) is 59.7 Å². The summed E-state index contributed by atoms with van der Waals surface area (Å²) >= 11 is 17.7. The van der Waals surface area contributed by atoms with Crippen LogP contribution in [0, 0.1) is 23.3 Å². The molecule has 0 fully saturated rings. The van der Waals surface area contributed by atoms with Crippen molar-refractivity contribution in [3.63, 3.8) is 0 Å². The first kappa shape index (κ1) is 34.2. The number of anilines is 2. The maximum Gasteiger partial charge on any atom is 0.341 e. The second kappa shape index (κ2) is 19.2. The van der Waals surface area contributed by atoms with Crippen LogP contribution in [0.5, 0.6) is 0 Å². The van der Waals surface area contributed by atoms with Crippen molar-refractivity contribution in [2.24, 2.45) is 0 Å². The summed E-state index contributed by atoms with van der Waals surface area (Å²) in [5.41, 5.74) is 0.830. The summed E-state index contributed by atoms with van der Waals surface area (Å²) in [6.07, 6.45) is 19.0. The molecule has 0 aromatic heterocycles. The Kier molecular flexibility index (Phi) is 16.9. The molecule has 2 rings (SSSR count). The summed E-state index contributed by atoms with van der Waals surface area (Å²) in [5.74, 6) is -3.81. The van der Waals surface area contributed by atoms with Crippen LogP contribution < -0.4 is 4.90 Å². The Morgan fingerprint density at radius 3 is 1.13 bits per heavy atom. The molecule has 9 heteroatoms. The summed E-state index contributed by atoms with van der Waals surface area (Å²) in [4.78, 5) is 1.71. The van der Waals surface area contributed by atoms with Gasteiger partial charge in [-0.1, -0.05) is 96.3 Å². The van der Waals surface area contributed by atoms with Gasteiger partial charge in [0, 0.05) is 30.1 Å². The number of rotatable bonds is 21. The first-order valence-electron chi connectivity index (χ1n) is 14.4. The van der Waals surface area contributed by atoms with Crippen molar-refractivity contribution < 1.29 is 17.6 Å². The molecule has 2 aromatic rings.